The van der Waals surface area contributed by atoms with Crippen LogP contribution in [0.3, 0.4) is 0 Å². The smallest absolute Gasteiger partial charge is 0.0923 e. The number of aliphatic hydroxyl groups is 1. The van der Waals surface area contributed by atoms with Crippen LogP contribution in [-0.4, -0.2) is 17.3 Å². The standard InChI is InChI=1S/C20H21ClO2/c1-2-20(22,16-11-18-19(12-16)23-18)15-7-3-13(4-8-15)14-5-9-17(21)10-6-14/h3-10,16,18-19,22H,2,11-12H2,1H3. The predicted octanol–water partition coefficient (Wildman–Crippen LogP) is 4.78. The minimum absolute atomic E-state index is 0.303. The number of epoxide rings is 1. The maximum Gasteiger partial charge on any atom is 0.0923 e. The highest BCUT2D eigenvalue weighted by Crippen LogP contribution is 2.50. The third kappa shape index (κ3) is 2.69. The highest BCUT2D eigenvalue weighted by atomic mass is 35.5. The van der Waals surface area contributed by atoms with E-state index < -0.39 is 5.60 Å². The average Bonchev–Trinajstić information content (AvgIpc) is 3.20. The lowest BCUT2D eigenvalue weighted by Gasteiger charge is -2.34. The molecule has 120 valence electrons. The second-order valence-electron chi connectivity index (χ2n) is 6.74. The van der Waals surface area contributed by atoms with Crippen molar-refractivity contribution in [2.75, 3.05) is 0 Å². The van der Waals surface area contributed by atoms with Gasteiger partial charge >= 0.3 is 0 Å². The molecule has 0 spiro atoms. The lowest BCUT2D eigenvalue weighted by molar-refractivity contribution is -0.0379. The summed E-state index contributed by atoms with van der Waals surface area (Å²) in [7, 11) is 0. The summed E-state index contributed by atoms with van der Waals surface area (Å²) in [6.45, 7) is 2.07. The monoisotopic (exact) mass is 328 g/mol. The zero-order chi connectivity index (χ0) is 16.0. The summed E-state index contributed by atoms with van der Waals surface area (Å²) in [6.07, 6.45) is 3.48. The highest BCUT2D eigenvalue weighted by Gasteiger charge is 2.54. The van der Waals surface area contributed by atoms with Gasteiger partial charge < -0.3 is 9.84 Å². The molecule has 0 aromatic heterocycles. The Morgan fingerprint density at radius 2 is 1.52 bits per heavy atom. The molecule has 1 saturated carbocycles. The van der Waals surface area contributed by atoms with Crippen LogP contribution < -0.4 is 0 Å². The molecule has 2 nitrogen and oxygen atoms in total. The van der Waals surface area contributed by atoms with Crippen LogP contribution in [0.5, 0.6) is 0 Å². The van der Waals surface area contributed by atoms with Crippen LogP contribution in [0.2, 0.25) is 5.02 Å². The highest BCUT2D eigenvalue weighted by molar-refractivity contribution is 6.30. The summed E-state index contributed by atoms with van der Waals surface area (Å²) >= 11 is 5.95. The molecule has 1 heterocycles. The van der Waals surface area contributed by atoms with Gasteiger partial charge in [0, 0.05) is 5.02 Å². The molecule has 3 atom stereocenters. The molecule has 0 amide bonds. The Morgan fingerprint density at radius 1 is 1.00 bits per heavy atom. The van der Waals surface area contributed by atoms with Crippen LogP contribution in [0.4, 0.5) is 0 Å². The van der Waals surface area contributed by atoms with Crippen molar-refractivity contribution < 1.29 is 9.84 Å². The van der Waals surface area contributed by atoms with Gasteiger partial charge in [0.25, 0.3) is 0 Å². The number of benzene rings is 2. The Labute approximate surface area is 142 Å². The lowest BCUT2D eigenvalue weighted by atomic mass is 9.77. The Bertz CT molecular complexity index is 685. The molecule has 4 rings (SSSR count). The first-order valence-electron chi connectivity index (χ1n) is 8.34. The van der Waals surface area contributed by atoms with Crippen molar-refractivity contribution in [1.29, 1.82) is 0 Å². The van der Waals surface area contributed by atoms with E-state index in [1.807, 2.05) is 24.3 Å². The molecule has 2 aliphatic rings. The number of ether oxygens (including phenoxy) is 1. The number of hydrogen-bond donors (Lipinski definition) is 1. The van der Waals surface area contributed by atoms with Crippen molar-refractivity contribution in [2.24, 2.45) is 5.92 Å². The van der Waals surface area contributed by atoms with E-state index in [1.165, 1.54) is 0 Å². The SMILES string of the molecule is CCC(O)(c1ccc(-c2ccc(Cl)cc2)cc1)C1CC2OC2C1. The van der Waals surface area contributed by atoms with Crippen LogP contribution in [0, 0.1) is 5.92 Å². The van der Waals surface area contributed by atoms with Gasteiger partial charge in [0.2, 0.25) is 0 Å². The molecule has 2 aromatic rings. The lowest BCUT2D eigenvalue weighted by Crippen LogP contribution is -2.34. The molecule has 1 aliphatic heterocycles. The minimum atomic E-state index is -0.741. The largest absolute Gasteiger partial charge is 0.385 e. The van der Waals surface area contributed by atoms with E-state index in [0.29, 0.717) is 18.1 Å². The van der Waals surface area contributed by atoms with E-state index in [4.69, 9.17) is 16.3 Å². The molecule has 0 radical (unpaired) electrons. The minimum Gasteiger partial charge on any atom is -0.385 e. The van der Waals surface area contributed by atoms with Gasteiger partial charge in [-0.1, -0.05) is 54.9 Å². The summed E-state index contributed by atoms with van der Waals surface area (Å²) in [5.41, 5.74) is 2.55. The molecular formula is C20H21ClO2. The van der Waals surface area contributed by atoms with E-state index in [0.717, 1.165) is 41.0 Å². The quantitative estimate of drug-likeness (QED) is 0.819. The van der Waals surface area contributed by atoms with Crippen molar-refractivity contribution in [2.45, 2.75) is 44.0 Å². The molecule has 1 aliphatic carbocycles. The second kappa shape index (κ2) is 5.62. The van der Waals surface area contributed by atoms with Crippen molar-refractivity contribution in [1.82, 2.24) is 0 Å². The second-order valence-corrected chi connectivity index (χ2v) is 7.18. The van der Waals surface area contributed by atoms with Gasteiger partial charge in [-0.15, -0.1) is 0 Å². The zero-order valence-corrected chi connectivity index (χ0v) is 14.0. The van der Waals surface area contributed by atoms with Crippen molar-refractivity contribution >= 4 is 11.6 Å². The van der Waals surface area contributed by atoms with Crippen LogP contribution in [0.1, 0.15) is 31.7 Å². The maximum absolute atomic E-state index is 11.3. The van der Waals surface area contributed by atoms with Gasteiger partial charge in [-0.05, 0) is 54.0 Å². The van der Waals surface area contributed by atoms with Gasteiger partial charge in [0.05, 0.1) is 17.8 Å². The molecule has 1 saturated heterocycles. The summed E-state index contributed by atoms with van der Waals surface area (Å²) in [5, 5.41) is 12.0. The average molecular weight is 329 g/mol. The van der Waals surface area contributed by atoms with Crippen molar-refractivity contribution in [3.05, 3.63) is 59.1 Å². The Morgan fingerprint density at radius 3 is 2.04 bits per heavy atom. The summed E-state index contributed by atoms with van der Waals surface area (Å²) in [5.74, 6) is 0.303. The van der Waals surface area contributed by atoms with E-state index >= 15 is 0 Å². The number of fused-ring (bicyclic) bond motifs is 1. The third-order valence-electron chi connectivity index (χ3n) is 5.50. The van der Waals surface area contributed by atoms with Crippen molar-refractivity contribution in [3.8, 4) is 11.1 Å². The molecule has 1 N–H and O–H groups in total. The van der Waals surface area contributed by atoms with E-state index in [9.17, 15) is 5.11 Å². The summed E-state index contributed by atoms with van der Waals surface area (Å²) in [6, 6.07) is 16.2. The summed E-state index contributed by atoms with van der Waals surface area (Å²) in [4.78, 5) is 0. The van der Waals surface area contributed by atoms with Gasteiger partial charge in [0.15, 0.2) is 0 Å². The first-order valence-corrected chi connectivity index (χ1v) is 8.72. The zero-order valence-electron chi connectivity index (χ0n) is 13.2. The van der Waals surface area contributed by atoms with Crippen LogP contribution >= 0.6 is 11.6 Å². The van der Waals surface area contributed by atoms with Crippen LogP contribution in [-0.2, 0) is 10.3 Å². The van der Waals surface area contributed by atoms with Gasteiger partial charge in [0.1, 0.15) is 0 Å². The first kappa shape index (κ1) is 15.2. The Hall–Kier alpha value is -1.35. The number of halogens is 1. The van der Waals surface area contributed by atoms with E-state index in [1.54, 1.807) is 0 Å². The molecule has 3 heteroatoms. The Kier molecular flexibility index (Phi) is 3.72. The fourth-order valence-corrected chi connectivity index (χ4v) is 4.09. The van der Waals surface area contributed by atoms with Crippen LogP contribution in [0.25, 0.3) is 11.1 Å². The van der Waals surface area contributed by atoms with E-state index in [-0.39, 0.29) is 0 Å². The Balaban J connectivity index is 1.59. The number of hydrogen-bond acceptors (Lipinski definition) is 2. The molecule has 2 fully saturated rings. The van der Waals surface area contributed by atoms with Gasteiger partial charge in [-0.3, -0.25) is 0 Å². The molecule has 0 bridgehead atoms. The topological polar surface area (TPSA) is 32.8 Å². The fourth-order valence-electron chi connectivity index (χ4n) is 3.96. The fraction of sp³-hybridized carbons (Fsp3) is 0.400. The van der Waals surface area contributed by atoms with E-state index in [2.05, 4.69) is 31.2 Å². The van der Waals surface area contributed by atoms with Crippen molar-refractivity contribution in [3.63, 3.8) is 0 Å². The first-order chi connectivity index (χ1) is 11.1. The molecular weight excluding hydrogens is 308 g/mol. The van der Waals surface area contributed by atoms with Gasteiger partial charge in [-0.25, -0.2) is 0 Å². The maximum atomic E-state index is 11.3. The molecule has 3 unspecified atom stereocenters. The van der Waals surface area contributed by atoms with Crippen LogP contribution in [0.15, 0.2) is 48.5 Å². The summed E-state index contributed by atoms with van der Waals surface area (Å²) < 4.78 is 5.52. The normalized spacial score (nSPS) is 28.2. The number of rotatable bonds is 4. The molecule has 2 aromatic carbocycles. The predicted molar refractivity (Wildman–Crippen MR) is 92.5 cm³/mol. The van der Waals surface area contributed by atoms with Gasteiger partial charge in [-0.2, -0.15) is 0 Å². The molecule has 23 heavy (non-hydrogen) atoms. The third-order valence-corrected chi connectivity index (χ3v) is 5.75.